The number of hydrogen-bond acceptors (Lipinski definition) is 5. The van der Waals surface area contributed by atoms with Crippen molar-refractivity contribution < 1.29 is 9.53 Å². The summed E-state index contributed by atoms with van der Waals surface area (Å²) in [5, 5.41) is 12.7. The number of amides is 1. The van der Waals surface area contributed by atoms with E-state index in [1.807, 2.05) is 37.3 Å². The van der Waals surface area contributed by atoms with Gasteiger partial charge in [0.1, 0.15) is 12.4 Å². The van der Waals surface area contributed by atoms with E-state index in [2.05, 4.69) is 15.5 Å². The van der Waals surface area contributed by atoms with Gasteiger partial charge in [0, 0.05) is 11.4 Å². The first kappa shape index (κ1) is 18.4. The van der Waals surface area contributed by atoms with Gasteiger partial charge in [-0.1, -0.05) is 60.2 Å². The monoisotopic (exact) mass is 387 g/mol. The molecular formula is C19H18ClN3O2S. The summed E-state index contributed by atoms with van der Waals surface area (Å²) in [5.74, 6) is 0.756. The molecule has 0 aliphatic heterocycles. The van der Waals surface area contributed by atoms with Gasteiger partial charge in [0.15, 0.2) is 5.01 Å². The minimum absolute atomic E-state index is 0.0809. The molecule has 134 valence electrons. The average Bonchev–Trinajstić information content (AvgIpc) is 3.09. The third kappa shape index (κ3) is 5.28. The molecule has 3 aromatic rings. The van der Waals surface area contributed by atoms with E-state index in [1.54, 1.807) is 24.3 Å². The molecule has 1 unspecified atom stereocenters. The Labute approximate surface area is 161 Å². The molecule has 0 radical (unpaired) electrons. The molecule has 0 aliphatic carbocycles. The second-order valence-corrected chi connectivity index (χ2v) is 7.31. The second kappa shape index (κ2) is 8.78. The summed E-state index contributed by atoms with van der Waals surface area (Å²) >= 11 is 7.14. The summed E-state index contributed by atoms with van der Waals surface area (Å²) < 4.78 is 5.62. The van der Waals surface area contributed by atoms with Gasteiger partial charge in [0.25, 0.3) is 0 Å². The number of ether oxygens (including phenoxy) is 1. The van der Waals surface area contributed by atoms with E-state index in [9.17, 15) is 4.79 Å². The Hall–Kier alpha value is -2.44. The summed E-state index contributed by atoms with van der Waals surface area (Å²) in [7, 11) is 0. The maximum absolute atomic E-state index is 12.2. The van der Waals surface area contributed by atoms with Crippen molar-refractivity contribution in [2.24, 2.45) is 0 Å². The predicted molar refractivity (Wildman–Crippen MR) is 104 cm³/mol. The zero-order valence-corrected chi connectivity index (χ0v) is 15.8. The Morgan fingerprint density at radius 1 is 1.15 bits per heavy atom. The first-order chi connectivity index (χ1) is 12.6. The number of benzene rings is 2. The van der Waals surface area contributed by atoms with E-state index >= 15 is 0 Å². The largest absolute Gasteiger partial charge is 0.486 e. The third-order valence-corrected chi connectivity index (χ3v) is 4.81. The number of rotatable bonds is 7. The number of carbonyl (C=O) groups excluding carboxylic acids is 1. The molecule has 0 spiro atoms. The van der Waals surface area contributed by atoms with Crippen molar-refractivity contribution >= 4 is 34.0 Å². The molecule has 1 heterocycles. The molecule has 7 heteroatoms. The van der Waals surface area contributed by atoms with E-state index in [-0.39, 0.29) is 18.4 Å². The highest BCUT2D eigenvalue weighted by Gasteiger charge is 2.13. The summed E-state index contributed by atoms with van der Waals surface area (Å²) in [6.45, 7) is 2.32. The van der Waals surface area contributed by atoms with Crippen LogP contribution in [0.25, 0.3) is 0 Å². The summed E-state index contributed by atoms with van der Waals surface area (Å²) in [6.07, 6.45) is 0.389. The zero-order valence-electron chi connectivity index (χ0n) is 14.2. The SMILES string of the molecule is CC(CC(=O)Nc1nnc(COc2ccc(Cl)cc2)s1)c1ccccc1. The lowest BCUT2D eigenvalue weighted by Gasteiger charge is -2.10. The van der Waals surface area contributed by atoms with Crippen molar-refractivity contribution in [1.82, 2.24) is 10.2 Å². The van der Waals surface area contributed by atoms with Gasteiger partial charge < -0.3 is 10.1 Å². The second-order valence-electron chi connectivity index (χ2n) is 5.81. The Morgan fingerprint density at radius 3 is 2.62 bits per heavy atom. The van der Waals surface area contributed by atoms with Crippen LogP contribution in [0.4, 0.5) is 5.13 Å². The van der Waals surface area contributed by atoms with Gasteiger partial charge in [-0.05, 0) is 35.7 Å². The molecular weight excluding hydrogens is 370 g/mol. The first-order valence-corrected chi connectivity index (χ1v) is 9.35. The quantitative estimate of drug-likeness (QED) is 0.626. The molecule has 0 saturated heterocycles. The average molecular weight is 388 g/mol. The minimum Gasteiger partial charge on any atom is -0.486 e. The first-order valence-electron chi connectivity index (χ1n) is 8.15. The highest BCUT2D eigenvalue weighted by atomic mass is 35.5. The number of anilines is 1. The number of carbonyl (C=O) groups is 1. The molecule has 3 rings (SSSR count). The Balaban J connectivity index is 1.49. The van der Waals surface area contributed by atoms with Crippen molar-refractivity contribution in [2.75, 3.05) is 5.32 Å². The molecule has 1 aromatic heterocycles. The summed E-state index contributed by atoms with van der Waals surface area (Å²) in [6, 6.07) is 17.1. The molecule has 0 fully saturated rings. The molecule has 5 nitrogen and oxygen atoms in total. The van der Waals surface area contributed by atoms with Crippen LogP contribution in [0, 0.1) is 0 Å². The molecule has 0 bridgehead atoms. The van der Waals surface area contributed by atoms with Crippen LogP contribution in [0.15, 0.2) is 54.6 Å². The highest BCUT2D eigenvalue weighted by molar-refractivity contribution is 7.15. The lowest BCUT2D eigenvalue weighted by molar-refractivity contribution is -0.116. The van der Waals surface area contributed by atoms with E-state index in [0.717, 1.165) is 5.56 Å². The number of hydrogen-bond donors (Lipinski definition) is 1. The fourth-order valence-electron chi connectivity index (χ4n) is 2.39. The van der Waals surface area contributed by atoms with E-state index < -0.39 is 0 Å². The smallest absolute Gasteiger partial charge is 0.226 e. The number of halogens is 1. The van der Waals surface area contributed by atoms with Crippen molar-refractivity contribution in [1.29, 1.82) is 0 Å². The van der Waals surface area contributed by atoms with Crippen molar-refractivity contribution in [3.63, 3.8) is 0 Å². The van der Waals surface area contributed by atoms with Crippen LogP contribution in [-0.4, -0.2) is 16.1 Å². The summed E-state index contributed by atoms with van der Waals surface area (Å²) in [5.41, 5.74) is 1.14. The molecule has 1 N–H and O–H groups in total. The molecule has 1 amide bonds. The van der Waals surface area contributed by atoms with Crippen molar-refractivity contribution in [2.45, 2.75) is 25.9 Å². The lowest BCUT2D eigenvalue weighted by Crippen LogP contribution is -2.14. The maximum atomic E-state index is 12.2. The Kier molecular flexibility index (Phi) is 6.20. The van der Waals surface area contributed by atoms with Crippen LogP contribution in [0.5, 0.6) is 5.75 Å². The minimum atomic E-state index is -0.0809. The van der Waals surface area contributed by atoms with Crippen LogP contribution in [0.1, 0.15) is 29.8 Å². The van der Waals surface area contributed by atoms with Gasteiger partial charge in [-0.3, -0.25) is 4.79 Å². The Bertz CT molecular complexity index is 853. The highest BCUT2D eigenvalue weighted by Crippen LogP contribution is 2.22. The van der Waals surface area contributed by atoms with Crippen LogP contribution in [0.2, 0.25) is 5.02 Å². The molecule has 26 heavy (non-hydrogen) atoms. The molecule has 1 atom stereocenters. The van der Waals surface area contributed by atoms with E-state index in [0.29, 0.717) is 27.3 Å². The van der Waals surface area contributed by atoms with E-state index in [1.165, 1.54) is 11.3 Å². The third-order valence-electron chi connectivity index (χ3n) is 3.75. The predicted octanol–water partition coefficient (Wildman–Crippen LogP) is 4.90. The number of nitrogens with zero attached hydrogens (tertiary/aromatic N) is 2. The van der Waals surface area contributed by atoms with Crippen LogP contribution >= 0.6 is 22.9 Å². The van der Waals surface area contributed by atoms with Gasteiger partial charge in [0.2, 0.25) is 11.0 Å². The fourth-order valence-corrected chi connectivity index (χ4v) is 3.18. The van der Waals surface area contributed by atoms with E-state index in [4.69, 9.17) is 16.3 Å². The topological polar surface area (TPSA) is 64.1 Å². The molecule has 2 aromatic carbocycles. The van der Waals surface area contributed by atoms with Gasteiger partial charge in [-0.2, -0.15) is 0 Å². The van der Waals surface area contributed by atoms with Gasteiger partial charge in [-0.25, -0.2) is 0 Å². The standard InChI is InChI=1S/C19H18ClN3O2S/c1-13(14-5-3-2-4-6-14)11-17(24)21-19-23-22-18(26-19)12-25-16-9-7-15(20)8-10-16/h2-10,13H,11-12H2,1H3,(H,21,23,24). The van der Waals surface area contributed by atoms with Crippen molar-refractivity contribution in [3.05, 3.63) is 70.2 Å². The van der Waals surface area contributed by atoms with Crippen LogP contribution in [0.3, 0.4) is 0 Å². The normalized spacial score (nSPS) is 11.8. The zero-order chi connectivity index (χ0) is 18.4. The van der Waals surface area contributed by atoms with Gasteiger partial charge in [-0.15, -0.1) is 10.2 Å². The van der Waals surface area contributed by atoms with Crippen LogP contribution in [-0.2, 0) is 11.4 Å². The lowest BCUT2D eigenvalue weighted by atomic mass is 9.98. The van der Waals surface area contributed by atoms with Gasteiger partial charge in [0.05, 0.1) is 0 Å². The molecule has 0 saturated carbocycles. The number of nitrogens with one attached hydrogen (secondary N) is 1. The maximum Gasteiger partial charge on any atom is 0.226 e. The fraction of sp³-hybridized carbons (Fsp3) is 0.211. The summed E-state index contributed by atoms with van der Waals surface area (Å²) in [4.78, 5) is 12.2. The van der Waals surface area contributed by atoms with Crippen molar-refractivity contribution in [3.8, 4) is 5.75 Å². The number of aromatic nitrogens is 2. The Morgan fingerprint density at radius 2 is 1.88 bits per heavy atom. The van der Waals surface area contributed by atoms with Crippen LogP contribution < -0.4 is 10.1 Å². The molecule has 0 aliphatic rings. The van der Waals surface area contributed by atoms with Gasteiger partial charge >= 0.3 is 0 Å².